The normalized spacial score (nSPS) is 20.0. The third kappa shape index (κ3) is 5.37. The number of piperazine rings is 1. The molecule has 1 aromatic rings. The van der Waals surface area contributed by atoms with Crippen LogP contribution in [-0.2, 0) is 14.8 Å². The average molecular weight is 412 g/mol. The van der Waals surface area contributed by atoms with E-state index in [1.165, 1.54) is 0 Å². The van der Waals surface area contributed by atoms with Crippen molar-refractivity contribution in [1.82, 2.24) is 9.80 Å². The Morgan fingerprint density at radius 3 is 2.18 bits per heavy atom. The lowest BCUT2D eigenvalue weighted by Gasteiger charge is -2.43. The van der Waals surface area contributed by atoms with E-state index < -0.39 is 10.0 Å². The van der Waals surface area contributed by atoms with Crippen molar-refractivity contribution in [1.29, 1.82) is 0 Å². The molecule has 2 amide bonds. The molecule has 2 atom stereocenters. The van der Waals surface area contributed by atoms with Gasteiger partial charge in [0.2, 0.25) is 10.0 Å². The minimum Gasteiger partial charge on any atom is -0.450 e. The van der Waals surface area contributed by atoms with Crippen LogP contribution in [-0.4, -0.2) is 67.8 Å². The lowest BCUT2D eigenvalue weighted by atomic mass is 10.1. The molecule has 0 radical (unpaired) electrons. The van der Waals surface area contributed by atoms with Crippen molar-refractivity contribution < 1.29 is 22.7 Å². The van der Waals surface area contributed by atoms with Crippen molar-refractivity contribution in [2.75, 3.05) is 30.2 Å². The van der Waals surface area contributed by atoms with Crippen molar-refractivity contribution in [3.05, 3.63) is 29.8 Å². The Bertz CT molecular complexity index is 782. The SMILES string of the molecule is CCCS(=O)(=O)Nc1ccc(C(=O)N2C[C@@H](C)N(C(=O)OCC)[C@@H](C)C2)cc1. The third-order valence-corrected chi connectivity index (χ3v) is 6.06. The second-order valence-electron chi connectivity index (χ2n) is 7.01. The van der Waals surface area contributed by atoms with E-state index in [9.17, 15) is 18.0 Å². The zero-order valence-corrected chi connectivity index (χ0v) is 17.7. The van der Waals surface area contributed by atoms with Gasteiger partial charge in [0.05, 0.1) is 24.4 Å². The van der Waals surface area contributed by atoms with Gasteiger partial charge in [-0.2, -0.15) is 0 Å². The number of hydrogen-bond donors (Lipinski definition) is 1. The second-order valence-corrected chi connectivity index (χ2v) is 8.85. The predicted molar refractivity (Wildman–Crippen MR) is 108 cm³/mol. The van der Waals surface area contributed by atoms with Crippen LogP contribution in [0.4, 0.5) is 10.5 Å². The Kier molecular flexibility index (Phi) is 7.29. The van der Waals surface area contributed by atoms with E-state index in [2.05, 4.69) is 4.72 Å². The van der Waals surface area contributed by atoms with Crippen LogP contribution in [0.5, 0.6) is 0 Å². The largest absolute Gasteiger partial charge is 0.450 e. The molecule has 1 aromatic carbocycles. The molecule has 0 spiro atoms. The first-order chi connectivity index (χ1) is 13.2. The fourth-order valence-corrected chi connectivity index (χ4v) is 4.54. The number of hydrogen-bond acceptors (Lipinski definition) is 5. The summed E-state index contributed by atoms with van der Waals surface area (Å²) in [5, 5.41) is 0. The molecule has 9 heteroatoms. The molecule has 1 saturated heterocycles. The Balaban J connectivity index is 2.05. The van der Waals surface area contributed by atoms with E-state index in [1.807, 2.05) is 13.8 Å². The van der Waals surface area contributed by atoms with E-state index in [1.54, 1.807) is 47.9 Å². The zero-order chi connectivity index (χ0) is 20.9. The Morgan fingerprint density at radius 1 is 1.11 bits per heavy atom. The number of anilines is 1. The highest BCUT2D eigenvalue weighted by molar-refractivity contribution is 7.92. The number of benzene rings is 1. The number of ether oxygens (including phenoxy) is 1. The van der Waals surface area contributed by atoms with Gasteiger partial charge in [-0.3, -0.25) is 14.4 Å². The smallest absolute Gasteiger partial charge is 0.410 e. The van der Waals surface area contributed by atoms with E-state index >= 15 is 0 Å². The molecule has 0 unspecified atom stereocenters. The maximum absolute atomic E-state index is 12.8. The van der Waals surface area contributed by atoms with Crippen LogP contribution in [0.15, 0.2) is 24.3 Å². The van der Waals surface area contributed by atoms with Crippen LogP contribution in [0.2, 0.25) is 0 Å². The average Bonchev–Trinajstić information content (AvgIpc) is 2.61. The molecule has 1 aliphatic rings. The molecule has 1 heterocycles. The monoisotopic (exact) mass is 411 g/mol. The van der Waals surface area contributed by atoms with Gasteiger partial charge in [-0.15, -0.1) is 0 Å². The van der Waals surface area contributed by atoms with E-state index in [4.69, 9.17) is 4.74 Å². The lowest BCUT2D eigenvalue weighted by molar-refractivity contribution is 0.0228. The molecule has 1 N–H and O–H groups in total. The first-order valence-corrected chi connectivity index (χ1v) is 11.2. The quantitative estimate of drug-likeness (QED) is 0.776. The predicted octanol–water partition coefficient (Wildman–Crippen LogP) is 2.53. The molecule has 28 heavy (non-hydrogen) atoms. The summed E-state index contributed by atoms with van der Waals surface area (Å²) in [6.07, 6.45) is 0.165. The molecule has 0 aromatic heterocycles. The minimum atomic E-state index is -3.37. The summed E-state index contributed by atoms with van der Waals surface area (Å²) in [5.74, 6) is -0.0982. The summed E-state index contributed by atoms with van der Waals surface area (Å²) < 4.78 is 31.3. The van der Waals surface area contributed by atoms with Crippen LogP contribution in [0.3, 0.4) is 0 Å². The maximum atomic E-state index is 12.8. The molecule has 1 fully saturated rings. The molecule has 2 rings (SSSR count). The van der Waals surface area contributed by atoms with E-state index in [0.29, 0.717) is 37.4 Å². The molecule has 156 valence electrons. The highest BCUT2D eigenvalue weighted by atomic mass is 32.2. The summed E-state index contributed by atoms with van der Waals surface area (Å²) in [6.45, 7) is 8.46. The lowest BCUT2D eigenvalue weighted by Crippen LogP contribution is -2.59. The molecule has 0 bridgehead atoms. The first kappa shape index (κ1) is 22.0. The van der Waals surface area contributed by atoms with Crippen LogP contribution in [0.25, 0.3) is 0 Å². The highest BCUT2D eigenvalue weighted by Gasteiger charge is 2.35. The van der Waals surface area contributed by atoms with Gasteiger partial charge < -0.3 is 9.64 Å². The summed E-state index contributed by atoms with van der Waals surface area (Å²) in [7, 11) is -3.37. The van der Waals surface area contributed by atoms with Crippen LogP contribution < -0.4 is 4.72 Å². The topological polar surface area (TPSA) is 96.0 Å². The van der Waals surface area contributed by atoms with Gasteiger partial charge >= 0.3 is 6.09 Å². The fourth-order valence-electron chi connectivity index (χ4n) is 3.41. The Hall–Kier alpha value is -2.29. The molecule has 0 aliphatic carbocycles. The highest BCUT2D eigenvalue weighted by Crippen LogP contribution is 2.20. The van der Waals surface area contributed by atoms with Crippen molar-refractivity contribution >= 4 is 27.7 Å². The molecular weight excluding hydrogens is 382 g/mol. The van der Waals surface area contributed by atoms with Gasteiger partial charge in [-0.1, -0.05) is 6.92 Å². The van der Waals surface area contributed by atoms with Crippen molar-refractivity contribution in [3.63, 3.8) is 0 Å². The van der Waals surface area contributed by atoms with E-state index in [-0.39, 0.29) is 29.8 Å². The van der Waals surface area contributed by atoms with Crippen molar-refractivity contribution in [2.24, 2.45) is 0 Å². The minimum absolute atomic E-state index is 0.0498. The van der Waals surface area contributed by atoms with Gasteiger partial charge in [-0.05, 0) is 51.5 Å². The number of amides is 2. The summed E-state index contributed by atoms with van der Waals surface area (Å²) in [5.41, 5.74) is 0.904. The zero-order valence-electron chi connectivity index (χ0n) is 16.8. The van der Waals surface area contributed by atoms with Gasteiger partial charge in [0, 0.05) is 24.3 Å². The van der Waals surface area contributed by atoms with Gasteiger partial charge in [-0.25, -0.2) is 13.2 Å². The Morgan fingerprint density at radius 2 is 1.68 bits per heavy atom. The van der Waals surface area contributed by atoms with E-state index in [0.717, 1.165) is 0 Å². The number of nitrogens with one attached hydrogen (secondary N) is 1. The number of sulfonamides is 1. The van der Waals surface area contributed by atoms with Crippen LogP contribution >= 0.6 is 0 Å². The van der Waals surface area contributed by atoms with Crippen LogP contribution in [0, 0.1) is 0 Å². The Labute approximate surface area is 166 Å². The number of carbonyl (C=O) groups is 2. The maximum Gasteiger partial charge on any atom is 0.410 e. The van der Waals surface area contributed by atoms with Crippen LogP contribution in [0.1, 0.15) is 44.5 Å². The fraction of sp³-hybridized carbons (Fsp3) is 0.579. The summed E-state index contributed by atoms with van der Waals surface area (Å²) in [6, 6.07) is 6.07. The van der Waals surface area contributed by atoms with Gasteiger partial charge in [0.1, 0.15) is 0 Å². The molecule has 8 nitrogen and oxygen atoms in total. The van der Waals surface area contributed by atoms with Crippen molar-refractivity contribution in [2.45, 2.75) is 46.2 Å². The summed E-state index contributed by atoms with van der Waals surface area (Å²) >= 11 is 0. The van der Waals surface area contributed by atoms with Crippen molar-refractivity contribution in [3.8, 4) is 0 Å². The molecule has 1 aliphatic heterocycles. The standard InChI is InChI=1S/C19H29N3O5S/c1-5-11-28(25,26)20-17-9-7-16(8-10-17)18(23)21-12-14(3)22(15(4)13-21)19(24)27-6-2/h7-10,14-15,20H,5-6,11-13H2,1-4H3/t14-,15+. The van der Waals surface area contributed by atoms with Gasteiger partial charge in [0.15, 0.2) is 0 Å². The first-order valence-electron chi connectivity index (χ1n) is 9.53. The van der Waals surface area contributed by atoms with Gasteiger partial charge in [0.25, 0.3) is 5.91 Å². The summed E-state index contributed by atoms with van der Waals surface area (Å²) in [4.78, 5) is 28.3. The molecular formula is C19H29N3O5S. The number of rotatable bonds is 6. The number of nitrogens with zero attached hydrogens (tertiary/aromatic N) is 2. The molecule has 0 saturated carbocycles. The number of carbonyl (C=O) groups excluding carboxylic acids is 2. The second kappa shape index (κ2) is 9.27. The third-order valence-electron chi connectivity index (χ3n) is 4.56.